The molecule has 1 aromatic carbocycles. The molecule has 8 nitrogen and oxygen atoms in total. The van der Waals surface area contributed by atoms with Crippen molar-refractivity contribution in [3.63, 3.8) is 0 Å². The average molecular weight is 539 g/mol. The number of halogens is 4. The Bertz CT molecular complexity index is 1460. The van der Waals surface area contributed by atoms with Crippen LogP contribution in [0.25, 0.3) is 22.3 Å². The van der Waals surface area contributed by atoms with Crippen molar-refractivity contribution in [2.45, 2.75) is 25.7 Å². The number of nitrogens with zero attached hydrogens (tertiary/aromatic N) is 5. The lowest BCUT2D eigenvalue weighted by molar-refractivity contribution is -0.137. The zero-order chi connectivity index (χ0) is 26.0. The van der Waals surface area contributed by atoms with Crippen molar-refractivity contribution < 1.29 is 18.0 Å². The number of nitrogens with one attached hydrogen (secondary N) is 1. The maximum Gasteiger partial charge on any atom is 0.416 e. The first-order valence-electron chi connectivity index (χ1n) is 10.8. The molecule has 0 atom stereocenters. The van der Waals surface area contributed by atoms with Gasteiger partial charge in [-0.25, -0.2) is 4.98 Å². The van der Waals surface area contributed by atoms with Gasteiger partial charge in [-0.15, -0.1) is 11.3 Å². The summed E-state index contributed by atoms with van der Waals surface area (Å²) in [5.41, 5.74) is -0.675. The summed E-state index contributed by atoms with van der Waals surface area (Å²) in [6, 6.07) is 5.46. The SMILES string of the molecule is CN(C)CCCn1cnc(-c2c(Cl)csc2NC(=O)Cn2c(=O)ccc3cc(C(F)(F)F)ccc32)n1. The highest BCUT2D eigenvalue weighted by Crippen LogP contribution is 2.38. The Morgan fingerprint density at radius 1 is 1.22 bits per heavy atom. The molecule has 0 saturated carbocycles. The fraction of sp³-hybridized carbons (Fsp3) is 0.304. The van der Waals surface area contributed by atoms with Crippen LogP contribution in [0.3, 0.4) is 0 Å². The van der Waals surface area contributed by atoms with E-state index in [9.17, 15) is 22.8 Å². The van der Waals surface area contributed by atoms with Crippen LogP contribution in [0.2, 0.25) is 5.02 Å². The predicted octanol–water partition coefficient (Wildman–Crippen LogP) is 4.58. The summed E-state index contributed by atoms with van der Waals surface area (Å²) < 4.78 is 42.0. The molecule has 13 heteroatoms. The number of amides is 1. The van der Waals surface area contributed by atoms with Crippen LogP contribution in [-0.4, -0.2) is 50.8 Å². The van der Waals surface area contributed by atoms with Crippen molar-refractivity contribution in [2.75, 3.05) is 26.0 Å². The lowest BCUT2D eigenvalue weighted by atomic mass is 10.1. The normalized spacial score (nSPS) is 12.0. The first-order valence-corrected chi connectivity index (χ1v) is 12.1. The second-order valence-electron chi connectivity index (χ2n) is 8.35. The molecule has 4 rings (SSSR count). The summed E-state index contributed by atoms with van der Waals surface area (Å²) in [7, 11) is 3.97. The molecular formula is C23H22ClF3N6O2S. The monoisotopic (exact) mass is 538 g/mol. The molecular weight excluding hydrogens is 517 g/mol. The van der Waals surface area contributed by atoms with Crippen molar-refractivity contribution in [3.05, 3.63) is 63.0 Å². The Morgan fingerprint density at radius 2 is 2.00 bits per heavy atom. The Morgan fingerprint density at radius 3 is 2.72 bits per heavy atom. The summed E-state index contributed by atoms with van der Waals surface area (Å²) >= 11 is 7.53. The van der Waals surface area contributed by atoms with Gasteiger partial charge in [0.15, 0.2) is 5.82 Å². The van der Waals surface area contributed by atoms with Gasteiger partial charge in [-0.2, -0.15) is 18.3 Å². The molecule has 4 aromatic rings. The van der Waals surface area contributed by atoms with Crippen molar-refractivity contribution >= 4 is 44.7 Å². The molecule has 0 radical (unpaired) electrons. The van der Waals surface area contributed by atoms with E-state index in [0.29, 0.717) is 28.0 Å². The van der Waals surface area contributed by atoms with Gasteiger partial charge < -0.3 is 10.2 Å². The average Bonchev–Trinajstić information content (AvgIpc) is 3.40. The number of alkyl halides is 3. The fourth-order valence-electron chi connectivity index (χ4n) is 3.66. The first-order chi connectivity index (χ1) is 17.0. The number of hydrogen-bond donors (Lipinski definition) is 1. The molecule has 0 aliphatic carbocycles. The topological polar surface area (TPSA) is 85.0 Å². The highest BCUT2D eigenvalue weighted by atomic mass is 35.5. The van der Waals surface area contributed by atoms with E-state index in [4.69, 9.17) is 11.6 Å². The number of thiophene rings is 1. The van der Waals surface area contributed by atoms with Gasteiger partial charge in [-0.05, 0) is 56.7 Å². The summed E-state index contributed by atoms with van der Waals surface area (Å²) in [4.78, 5) is 31.7. The zero-order valence-corrected chi connectivity index (χ0v) is 20.9. The number of carbonyl (C=O) groups excluding carboxylic acids is 1. The largest absolute Gasteiger partial charge is 0.416 e. The van der Waals surface area contributed by atoms with E-state index in [-0.39, 0.29) is 10.9 Å². The van der Waals surface area contributed by atoms with Crippen LogP contribution in [0.5, 0.6) is 0 Å². The van der Waals surface area contributed by atoms with E-state index in [1.165, 1.54) is 23.5 Å². The first kappa shape index (κ1) is 25.9. The van der Waals surface area contributed by atoms with Crippen molar-refractivity contribution in [2.24, 2.45) is 0 Å². The standard InChI is InChI=1S/C23H22ClF3N6O2S/c1-31(2)8-3-9-32-13-28-21(30-32)20-16(24)12-36-22(20)29-18(34)11-33-17-6-5-15(23(25,26)27)10-14(17)4-7-19(33)35/h4-7,10,12-13H,3,8-9,11H2,1-2H3,(H,29,34). The summed E-state index contributed by atoms with van der Waals surface area (Å²) in [5, 5.41) is 9.80. The maximum absolute atomic E-state index is 13.1. The van der Waals surface area contributed by atoms with Crippen molar-refractivity contribution in [1.82, 2.24) is 24.2 Å². The third-order valence-corrected chi connectivity index (χ3v) is 6.69. The lowest BCUT2D eigenvalue weighted by Crippen LogP contribution is -2.27. The number of anilines is 1. The summed E-state index contributed by atoms with van der Waals surface area (Å²) in [6.45, 7) is 1.15. The quantitative estimate of drug-likeness (QED) is 0.355. The molecule has 3 heterocycles. The highest BCUT2D eigenvalue weighted by molar-refractivity contribution is 7.15. The Labute approximate surface area is 212 Å². The van der Waals surface area contributed by atoms with Crippen molar-refractivity contribution in [3.8, 4) is 11.4 Å². The van der Waals surface area contributed by atoms with Gasteiger partial charge in [0.25, 0.3) is 5.56 Å². The molecule has 36 heavy (non-hydrogen) atoms. The molecule has 0 fully saturated rings. The van der Waals surface area contributed by atoms with Crippen LogP contribution >= 0.6 is 22.9 Å². The van der Waals surface area contributed by atoms with Crippen LogP contribution < -0.4 is 10.9 Å². The van der Waals surface area contributed by atoms with Crippen LogP contribution in [0, 0.1) is 0 Å². The highest BCUT2D eigenvalue weighted by Gasteiger charge is 2.30. The number of carbonyl (C=O) groups is 1. The fourth-order valence-corrected chi connectivity index (χ4v) is 4.86. The van der Waals surface area contributed by atoms with Gasteiger partial charge in [0.1, 0.15) is 17.9 Å². The number of aromatic nitrogens is 4. The number of aryl methyl sites for hydroxylation is 1. The molecule has 3 aromatic heterocycles. The smallest absolute Gasteiger partial charge is 0.315 e. The van der Waals surface area contributed by atoms with Gasteiger partial charge in [-0.1, -0.05) is 11.6 Å². The van der Waals surface area contributed by atoms with Crippen LogP contribution in [0.15, 0.2) is 46.8 Å². The number of hydrogen-bond acceptors (Lipinski definition) is 6. The number of benzene rings is 1. The molecule has 1 N–H and O–H groups in total. The third-order valence-electron chi connectivity index (χ3n) is 5.37. The van der Waals surface area contributed by atoms with Gasteiger partial charge in [0.2, 0.25) is 5.91 Å². The number of fused-ring (bicyclic) bond motifs is 1. The minimum Gasteiger partial charge on any atom is -0.315 e. The summed E-state index contributed by atoms with van der Waals surface area (Å²) in [6.07, 6.45) is -2.05. The maximum atomic E-state index is 13.1. The molecule has 1 amide bonds. The van der Waals surface area contributed by atoms with Gasteiger partial charge in [0.05, 0.1) is 21.7 Å². The number of pyridine rings is 1. The molecule has 0 unspecified atom stereocenters. The second kappa shape index (κ2) is 10.4. The van der Waals surface area contributed by atoms with Crippen LogP contribution in [0.4, 0.5) is 18.2 Å². The van der Waals surface area contributed by atoms with E-state index in [1.807, 2.05) is 14.1 Å². The zero-order valence-electron chi connectivity index (χ0n) is 19.3. The summed E-state index contributed by atoms with van der Waals surface area (Å²) in [5.74, 6) is -0.196. The molecule has 0 saturated heterocycles. The van der Waals surface area contributed by atoms with E-state index < -0.39 is 29.8 Å². The van der Waals surface area contributed by atoms with Crippen LogP contribution in [-0.2, 0) is 24.1 Å². The second-order valence-corrected chi connectivity index (χ2v) is 9.64. The van der Waals surface area contributed by atoms with E-state index in [2.05, 4.69) is 20.3 Å². The Kier molecular flexibility index (Phi) is 7.48. The Hall–Kier alpha value is -3.22. The van der Waals surface area contributed by atoms with E-state index in [1.54, 1.807) is 16.4 Å². The molecule has 0 aliphatic rings. The van der Waals surface area contributed by atoms with Gasteiger partial charge in [0, 0.05) is 18.0 Å². The van der Waals surface area contributed by atoms with Gasteiger partial charge >= 0.3 is 6.18 Å². The van der Waals surface area contributed by atoms with Crippen molar-refractivity contribution in [1.29, 1.82) is 0 Å². The number of rotatable bonds is 8. The lowest BCUT2D eigenvalue weighted by Gasteiger charge is -2.12. The minimum atomic E-state index is -4.52. The predicted molar refractivity (Wildman–Crippen MR) is 133 cm³/mol. The molecule has 190 valence electrons. The van der Waals surface area contributed by atoms with Gasteiger partial charge in [-0.3, -0.25) is 18.8 Å². The minimum absolute atomic E-state index is 0.195. The molecule has 0 spiro atoms. The molecule has 0 bridgehead atoms. The van der Waals surface area contributed by atoms with Crippen LogP contribution in [0.1, 0.15) is 12.0 Å². The van der Waals surface area contributed by atoms with E-state index >= 15 is 0 Å². The van der Waals surface area contributed by atoms with E-state index in [0.717, 1.165) is 35.7 Å². The molecule has 0 aliphatic heterocycles. The Balaban J connectivity index is 1.54. The third kappa shape index (κ3) is 5.77.